The molecule has 2 rings (SSSR count). The van der Waals surface area contributed by atoms with E-state index < -0.39 is 0 Å². The van der Waals surface area contributed by atoms with E-state index in [1.807, 2.05) is 43.3 Å². The van der Waals surface area contributed by atoms with Gasteiger partial charge in [0.15, 0.2) is 0 Å². The minimum atomic E-state index is 0. The number of hydrogen-bond donors (Lipinski definition) is 0. The molecule has 2 aromatic rings. The standard InChI is InChI=1S/C6H7N.C5H5N.ClH/c1-6-4-2-3-5-7-6;1-2-4-6-5-3-1;/h2-5H,1H3;1-5H;1H. The van der Waals surface area contributed by atoms with Gasteiger partial charge in [-0.05, 0) is 31.2 Å². The lowest BCUT2D eigenvalue weighted by Gasteiger charge is -1.82. The fourth-order valence-corrected chi connectivity index (χ4v) is 0.761. The second-order valence-electron chi connectivity index (χ2n) is 2.50. The Hall–Kier alpha value is -1.41. The fraction of sp³-hybridized carbons (Fsp3) is 0.0909. The summed E-state index contributed by atoms with van der Waals surface area (Å²) in [4.78, 5) is 7.76. The zero-order chi connectivity index (χ0) is 9.36. The van der Waals surface area contributed by atoms with Crippen LogP contribution in [0.4, 0.5) is 0 Å². The summed E-state index contributed by atoms with van der Waals surface area (Å²) >= 11 is 0. The maximum absolute atomic E-state index is 3.98. The molecule has 0 fully saturated rings. The predicted molar refractivity (Wildman–Crippen MR) is 60.5 cm³/mol. The normalized spacial score (nSPS) is 7.79. The van der Waals surface area contributed by atoms with Gasteiger partial charge < -0.3 is 0 Å². The topological polar surface area (TPSA) is 25.8 Å². The first-order valence-electron chi connectivity index (χ1n) is 4.12. The molecular formula is C11H13ClN2. The van der Waals surface area contributed by atoms with Gasteiger partial charge in [0.25, 0.3) is 0 Å². The number of hydrogen-bond acceptors (Lipinski definition) is 2. The van der Waals surface area contributed by atoms with E-state index in [0.717, 1.165) is 5.69 Å². The van der Waals surface area contributed by atoms with Crippen molar-refractivity contribution in [2.45, 2.75) is 6.92 Å². The third kappa shape index (κ3) is 6.14. The number of nitrogens with zero attached hydrogens (tertiary/aromatic N) is 2. The van der Waals surface area contributed by atoms with Crippen LogP contribution in [0.25, 0.3) is 0 Å². The van der Waals surface area contributed by atoms with Crippen LogP contribution in [-0.4, -0.2) is 9.97 Å². The second kappa shape index (κ2) is 8.20. The third-order valence-corrected chi connectivity index (χ3v) is 1.38. The van der Waals surface area contributed by atoms with Crippen molar-refractivity contribution < 1.29 is 0 Å². The van der Waals surface area contributed by atoms with Crippen LogP contribution >= 0.6 is 12.4 Å². The summed E-state index contributed by atoms with van der Waals surface area (Å²) in [7, 11) is 0. The summed E-state index contributed by atoms with van der Waals surface area (Å²) in [6, 6.07) is 11.6. The maximum atomic E-state index is 3.98. The second-order valence-corrected chi connectivity index (χ2v) is 2.50. The summed E-state index contributed by atoms with van der Waals surface area (Å²) in [5, 5.41) is 0. The largest absolute Gasteiger partial charge is 0.265 e. The molecule has 0 aliphatic rings. The summed E-state index contributed by atoms with van der Waals surface area (Å²) in [6.07, 6.45) is 5.29. The Morgan fingerprint density at radius 3 is 1.71 bits per heavy atom. The lowest BCUT2D eigenvalue weighted by Crippen LogP contribution is -1.72. The van der Waals surface area contributed by atoms with Crippen molar-refractivity contribution in [2.75, 3.05) is 0 Å². The summed E-state index contributed by atoms with van der Waals surface area (Å²) in [5.41, 5.74) is 1.07. The lowest BCUT2D eigenvalue weighted by atomic mass is 10.4. The van der Waals surface area contributed by atoms with Crippen molar-refractivity contribution in [2.24, 2.45) is 0 Å². The smallest absolute Gasteiger partial charge is 0.0372 e. The van der Waals surface area contributed by atoms with Gasteiger partial charge in [-0.2, -0.15) is 0 Å². The Balaban J connectivity index is 0.000000227. The molecule has 0 saturated carbocycles. The Kier molecular flexibility index (Phi) is 7.37. The molecule has 0 spiro atoms. The molecule has 0 saturated heterocycles. The molecule has 2 aromatic heterocycles. The molecule has 74 valence electrons. The Labute approximate surface area is 90.5 Å². The molecule has 0 N–H and O–H groups in total. The highest BCUT2D eigenvalue weighted by Crippen LogP contribution is 1.86. The summed E-state index contributed by atoms with van der Waals surface area (Å²) in [5.74, 6) is 0. The van der Waals surface area contributed by atoms with E-state index in [2.05, 4.69) is 9.97 Å². The van der Waals surface area contributed by atoms with Crippen molar-refractivity contribution in [3.63, 3.8) is 0 Å². The number of halogens is 1. The highest BCUT2D eigenvalue weighted by Gasteiger charge is 1.73. The van der Waals surface area contributed by atoms with E-state index in [1.165, 1.54) is 0 Å². The van der Waals surface area contributed by atoms with Crippen molar-refractivity contribution in [1.82, 2.24) is 9.97 Å². The molecule has 0 aliphatic heterocycles. The van der Waals surface area contributed by atoms with Crippen LogP contribution in [0.2, 0.25) is 0 Å². The Bertz CT molecular complexity index is 284. The first-order valence-corrected chi connectivity index (χ1v) is 4.12. The average molecular weight is 209 g/mol. The van der Waals surface area contributed by atoms with Crippen molar-refractivity contribution >= 4 is 12.4 Å². The van der Waals surface area contributed by atoms with Crippen LogP contribution in [0.1, 0.15) is 5.69 Å². The quantitative estimate of drug-likeness (QED) is 0.666. The van der Waals surface area contributed by atoms with Gasteiger partial charge in [0.1, 0.15) is 0 Å². The van der Waals surface area contributed by atoms with E-state index in [-0.39, 0.29) is 12.4 Å². The highest BCUT2D eigenvalue weighted by molar-refractivity contribution is 5.85. The molecule has 2 heterocycles. The van der Waals surface area contributed by atoms with E-state index in [4.69, 9.17) is 0 Å². The van der Waals surface area contributed by atoms with Gasteiger partial charge in [-0.1, -0.05) is 12.1 Å². The van der Waals surface area contributed by atoms with Crippen molar-refractivity contribution in [1.29, 1.82) is 0 Å². The molecule has 3 heteroatoms. The van der Waals surface area contributed by atoms with E-state index in [0.29, 0.717) is 0 Å². The van der Waals surface area contributed by atoms with E-state index in [9.17, 15) is 0 Å². The first-order chi connectivity index (χ1) is 6.39. The van der Waals surface area contributed by atoms with Gasteiger partial charge in [-0.15, -0.1) is 12.4 Å². The van der Waals surface area contributed by atoms with Crippen LogP contribution in [0.3, 0.4) is 0 Å². The third-order valence-electron chi connectivity index (χ3n) is 1.38. The fourth-order valence-electron chi connectivity index (χ4n) is 0.761. The van der Waals surface area contributed by atoms with Gasteiger partial charge in [0.2, 0.25) is 0 Å². The SMILES string of the molecule is Cc1ccccn1.Cl.c1ccncc1. The van der Waals surface area contributed by atoms with Gasteiger partial charge >= 0.3 is 0 Å². The molecule has 0 atom stereocenters. The monoisotopic (exact) mass is 208 g/mol. The highest BCUT2D eigenvalue weighted by atomic mass is 35.5. The molecule has 0 bridgehead atoms. The molecule has 0 aliphatic carbocycles. The van der Waals surface area contributed by atoms with Crippen molar-refractivity contribution in [3.05, 3.63) is 60.7 Å². The number of aryl methyl sites for hydroxylation is 1. The van der Waals surface area contributed by atoms with Gasteiger partial charge in [0, 0.05) is 24.3 Å². The first kappa shape index (κ1) is 12.6. The number of aromatic nitrogens is 2. The molecular weight excluding hydrogens is 196 g/mol. The van der Waals surface area contributed by atoms with Gasteiger partial charge in [-0.25, -0.2) is 0 Å². The van der Waals surface area contributed by atoms with E-state index >= 15 is 0 Å². The van der Waals surface area contributed by atoms with Crippen LogP contribution in [0.15, 0.2) is 55.0 Å². The number of pyridine rings is 2. The van der Waals surface area contributed by atoms with Crippen LogP contribution in [0, 0.1) is 6.92 Å². The Morgan fingerprint density at radius 2 is 1.50 bits per heavy atom. The van der Waals surface area contributed by atoms with Gasteiger partial charge in [0.05, 0.1) is 0 Å². The minimum Gasteiger partial charge on any atom is -0.265 e. The van der Waals surface area contributed by atoms with Gasteiger partial charge in [-0.3, -0.25) is 9.97 Å². The zero-order valence-corrected chi connectivity index (χ0v) is 8.82. The zero-order valence-electron chi connectivity index (χ0n) is 8.00. The van der Waals surface area contributed by atoms with E-state index in [1.54, 1.807) is 18.6 Å². The molecule has 2 nitrogen and oxygen atoms in total. The lowest BCUT2D eigenvalue weighted by molar-refractivity contribution is 1.20. The molecule has 0 aromatic carbocycles. The predicted octanol–water partition coefficient (Wildman–Crippen LogP) is 2.89. The summed E-state index contributed by atoms with van der Waals surface area (Å²) in [6.45, 7) is 1.97. The number of rotatable bonds is 0. The molecule has 0 amide bonds. The molecule has 14 heavy (non-hydrogen) atoms. The van der Waals surface area contributed by atoms with Crippen LogP contribution in [-0.2, 0) is 0 Å². The van der Waals surface area contributed by atoms with Crippen molar-refractivity contribution in [3.8, 4) is 0 Å². The Morgan fingerprint density at radius 1 is 0.857 bits per heavy atom. The molecule has 0 radical (unpaired) electrons. The average Bonchev–Trinajstić information content (AvgIpc) is 2.22. The van der Waals surface area contributed by atoms with Crippen LogP contribution in [0.5, 0.6) is 0 Å². The van der Waals surface area contributed by atoms with Crippen LogP contribution < -0.4 is 0 Å². The molecule has 0 unspecified atom stereocenters. The summed E-state index contributed by atoms with van der Waals surface area (Å²) < 4.78 is 0. The minimum absolute atomic E-state index is 0. The maximum Gasteiger partial charge on any atom is 0.0372 e.